The van der Waals surface area contributed by atoms with Crippen molar-refractivity contribution in [2.75, 3.05) is 20.1 Å². The summed E-state index contributed by atoms with van der Waals surface area (Å²) in [4.78, 5) is 14.5. The average molecular weight is 287 g/mol. The van der Waals surface area contributed by atoms with Gasteiger partial charge in [0, 0.05) is 38.4 Å². The molecule has 0 saturated heterocycles. The van der Waals surface area contributed by atoms with Crippen LogP contribution < -0.4 is 4.72 Å². The van der Waals surface area contributed by atoms with Crippen LogP contribution in [0, 0.1) is 0 Å². The Hall–Kier alpha value is -1.51. The highest BCUT2D eigenvalue weighted by Crippen LogP contribution is 1.98. The first-order chi connectivity index (χ1) is 8.92. The van der Waals surface area contributed by atoms with E-state index in [2.05, 4.69) is 9.71 Å². The SMILES string of the molecule is CN(CCC(=O)O)S(=O)(=O)NCCc1ccccn1. The number of pyridine rings is 1. The highest BCUT2D eigenvalue weighted by atomic mass is 32.2. The quantitative estimate of drug-likeness (QED) is 0.693. The third-order valence-corrected chi connectivity index (χ3v) is 4.01. The van der Waals surface area contributed by atoms with Crippen molar-refractivity contribution in [1.29, 1.82) is 0 Å². The van der Waals surface area contributed by atoms with E-state index in [1.54, 1.807) is 12.3 Å². The summed E-state index contributed by atoms with van der Waals surface area (Å²) < 4.78 is 26.9. The van der Waals surface area contributed by atoms with E-state index in [0.717, 1.165) is 10.00 Å². The van der Waals surface area contributed by atoms with Crippen molar-refractivity contribution in [1.82, 2.24) is 14.0 Å². The third-order valence-electron chi connectivity index (χ3n) is 2.44. The van der Waals surface area contributed by atoms with Crippen LogP contribution in [0.15, 0.2) is 24.4 Å². The van der Waals surface area contributed by atoms with E-state index in [9.17, 15) is 13.2 Å². The maximum absolute atomic E-state index is 11.7. The van der Waals surface area contributed by atoms with Crippen LogP contribution in [0.25, 0.3) is 0 Å². The van der Waals surface area contributed by atoms with Crippen molar-refractivity contribution in [3.05, 3.63) is 30.1 Å². The maximum Gasteiger partial charge on any atom is 0.304 e. The van der Waals surface area contributed by atoms with Crippen molar-refractivity contribution in [2.45, 2.75) is 12.8 Å². The van der Waals surface area contributed by atoms with Gasteiger partial charge >= 0.3 is 5.97 Å². The Morgan fingerprint density at radius 2 is 2.21 bits per heavy atom. The Balaban J connectivity index is 2.40. The second-order valence-electron chi connectivity index (χ2n) is 3.94. The zero-order valence-electron chi connectivity index (χ0n) is 10.6. The fraction of sp³-hybridized carbons (Fsp3) is 0.455. The molecule has 1 rings (SSSR count). The number of carboxylic acid groups (broad SMARTS) is 1. The lowest BCUT2D eigenvalue weighted by molar-refractivity contribution is -0.137. The molecule has 8 heteroatoms. The van der Waals surface area contributed by atoms with Crippen molar-refractivity contribution < 1.29 is 18.3 Å². The normalized spacial score (nSPS) is 11.7. The minimum absolute atomic E-state index is 0.0613. The van der Waals surface area contributed by atoms with E-state index in [1.807, 2.05) is 12.1 Å². The summed E-state index contributed by atoms with van der Waals surface area (Å²) in [5.41, 5.74) is 0.790. The predicted octanol–water partition coefficient (Wildman–Crippen LogP) is -0.135. The summed E-state index contributed by atoms with van der Waals surface area (Å²) in [5, 5.41) is 8.50. The summed E-state index contributed by atoms with van der Waals surface area (Å²) >= 11 is 0. The second-order valence-corrected chi connectivity index (χ2v) is 5.80. The van der Waals surface area contributed by atoms with E-state index in [4.69, 9.17) is 5.11 Å². The second kappa shape index (κ2) is 7.17. The van der Waals surface area contributed by atoms with Crippen LogP contribution in [0.3, 0.4) is 0 Å². The average Bonchev–Trinajstić information content (AvgIpc) is 2.36. The Morgan fingerprint density at radius 1 is 1.47 bits per heavy atom. The molecular weight excluding hydrogens is 270 g/mol. The molecule has 0 aliphatic rings. The number of carboxylic acids is 1. The van der Waals surface area contributed by atoms with E-state index < -0.39 is 16.2 Å². The largest absolute Gasteiger partial charge is 0.481 e. The lowest BCUT2D eigenvalue weighted by Crippen LogP contribution is -2.40. The van der Waals surface area contributed by atoms with E-state index in [0.29, 0.717) is 6.42 Å². The molecule has 0 radical (unpaired) electrons. The highest BCUT2D eigenvalue weighted by Gasteiger charge is 2.17. The summed E-state index contributed by atoms with van der Waals surface area (Å²) in [5.74, 6) is -1.03. The van der Waals surface area contributed by atoms with E-state index >= 15 is 0 Å². The van der Waals surface area contributed by atoms with Crippen molar-refractivity contribution in [3.8, 4) is 0 Å². The smallest absolute Gasteiger partial charge is 0.304 e. The third kappa shape index (κ3) is 5.77. The topological polar surface area (TPSA) is 99.6 Å². The molecule has 0 fully saturated rings. The van der Waals surface area contributed by atoms with Gasteiger partial charge in [-0.25, -0.2) is 4.72 Å². The molecule has 2 N–H and O–H groups in total. The molecule has 0 atom stereocenters. The van der Waals surface area contributed by atoms with Gasteiger partial charge < -0.3 is 5.11 Å². The van der Waals surface area contributed by atoms with Crippen molar-refractivity contribution in [2.24, 2.45) is 0 Å². The van der Waals surface area contributed by atoms with Crippen LogP contribution in [0.1, 0.15) is 12.1 Å². The fourth-order valence-corrected chi connectivity index (χ4v) is 2.25. The van der Waals surface area contributed by atoms with Gasteiger partial charge in [-0.1, -0.05) is 6.07 Å². The molecule has 0 aliphatic heterocycles. The van der Waals surface area contributed by atoms with Gasteiger partial charge in [-0.3, -0.25) is 9.78 Å². The molecule has 0 amide bonds. The first-order valence-electron chi connectivity index (χ1n) is 5.74. The Labute approximate surface area is 112 Å². The first kappa shape index (κ1) is 15.5. The van der Waals surface area contributed by atoms with Crippen LogP contribution in [0.2, 0.25) is 0 Å². The lowest BCUT2D eigenvalue weighted by Gasteiger charge is -2.16. The summed E-state index contributed by atoms with van der Waals surface area (Å²) in [6.07, 6.45) is 1.90. The molecule has 0 bridgehead atoms. The molecule has 7 nitrogen and oxygen atoms in total. The zero-order chi connectivity index (χ0) is 14.3. The number of carbonyl (C=O) groups is 1. The summed E-state index contributed by atoms with van der Waals surface area (Å²) in [6.45, 7) is 0.158. The molecule has 106 valence electrons. The maximum atomic E-state index is 11.7. The van der Waals surface area contributed by atoms with Crippen molar-refractivity contribution >= 4 is 16.2 Å². The molecule has 0 aromatic carbocycles. The molecule has 0 aliphatic carbocycles. The molecular formula is C11H17N3O4S. The fourth-order valence-electron chi connectivity index (χ4n) is 1.34. The van der Waals surface area contributed by atoms with Crippen LogP contribution in [0.5, 0.6) is 0 Å². The van der Waals surface area contributed by atoms with Gasteiger partial charge in [-0.05, 0) is 12.1 Å². The molecule has 0 saturated carbocycles. The standard InChI is InChI=1S/C11H17N3O4S/c1-14(9-6-11(15)16)19(17,18)13-8-5-10-4-2-3-7-12-10/h2-4,7,13H,5-6,8-9H2,1H3,(H,15,16). The molecule has 0 unspecified atom stereocenters. The number of hydrogen-bond acceptors (Lipinski definition) is 4. The van der Waals surface area contributed by atoms with Crippen LogP contribution in [-0.2, 0) is 21.4 Å². The number of aromatic nitrogens is 1. The van der Waals surface area contributed by atoms with Gasteiger partial charge in [-0.15, -0.1) is 0 Å². The highest BCUT2D eigenvalue weighted by molar-refractivity contribution is 7.87. The van der Waals surface area contributed by atoms with Gasteiger partial charge in [0.15, 0.2) is 0 Å². The predicted molar refractivity (Wildman–Crippen MR) is 69.7 cm³/mol. The van der Waals surface area contributed by atoms with Gasteiger partial charge in [-0.2, -0.15) is 12.7 Å². The minimum Gasteiger partial charge on any atom is -0.481 e. The molecule has 0 spiro atoms. The van der Waals surface area contributed by atoms with Crippen LogP contribution in [0.4, 0.5) is 0 Å². The van der Waals surface area contributed by atoms with Crippen LogP contribution in [-0.4, -0.2) is 48.9 Å². The van der Waals surface area contributed by atoms with Gasteiger partial charge in [0.05, 0.1) is 6.42 Å². The number of rotatable bonds is 8. The van der Waals surface area contributed by atoms with Gasteiger partial charge in [0.1, 0.15) is 0 Å². The van der Waals surface area contributed by atoms with Crippen LogP contribution >= 0.6 is 0 Å². The Morgan fingerprint density at radius 3 is 2.79 bits per heavy atom. The minimum atomic E-state index is -3.63. The van der Waals surface area contributed by atoms with E-state index in [-0.39, 0.29) is 19.5 Å². The first-order valence-corrected chi connectivity index (χ1v) is 7.18. The monoisotopic (exact) mass is 287 g/mol. The van der Waals surface area contributed by atoms with Crippen molar-refractivity contribution in [3.63, 3.8) is 0 Å². The summed E-state index contributed by atoms with van der Waals surface area (Å²) in [7, 11) is -2.29. The van der Waals surface area contributed by atoms with E-state index in [1.165, 1.54) is 7.05 Å². The van der Waals surface area contributed by atoms with Gasteiger partial charge in [0.25, 0.3) is 10.2 Å². The number of hydrogen-bond donors (Lipinski definition) is 2. The Bertz CT molecular complexity index is 504. The number of aliphatic carboxylic acids is 1. The summed E-state index contributed by atoms with van der Waals surface area (Å²) in [6, 6.07) is 5.42. The molecule has 19 heavy (non-hydrogen) atoms. The lowest BCUT2D eigenvalue weighted by atomic mass is 10.3. The Kier molecular flexibility index (Phi) is 5.87. The molecule has 1 aromatic rings. The number of nitrogens with one attached hydrogen (secondary N) is 1. The van der Waals surface area contributed by atoms with Gasteiger partial charge in [0.2, 0.25) is 0 Å². The zero-order valence-corrected chi connectivity index (χ0v) is 11.4. The number of nitrogens with zero attached hydrogens (tertiary/aromatic N) is 2. The molecule has 1 heterocycles. The molecule has 1 aromatic heterocycles.